The zero-order chi connectivity index (χ0) is 20.0. The SMILES string of the molecule is CC(=O)Nc1cc(NC(C)=O)cc(C(=O)OC(C)C(=O)c2ccccc2)c1. The van der Waals surface area contributed by atoms with E-state index >= 15 is 0 Å². The molecule has 0 heterocycles. The lowest BCUT2D eigenvalue weighted by atomic mass is 10.1. The number of carbonyl (C=O) groups excluding carboxylic acids is 4. The minimum Gasteiger partial charge on any atom is -0.451 e. The average Bonchev–Trinajstić information content (AvgIpc) is 2.60. The predicted octanol–water partition coefficient (Wildman–Crippen LogP) is 3.03. The Balaban J connectivity index is 2.22. The Hall–Kier alpha value is -3.48. The molecule has 0 aliphatic carbocycles. The van der Waals surface area contributed by atoms with Gasteiger partial charge < -0.3 is 15.4 Å². The van der Waals surface area contributed by atoms with Crippen molar-refractivity contribution in [1.29, 1.82) is 0 Å². The molecule has 0 radical (unpaired) electrons. The maximum atomic E-state index is 12.5. The molecule has 0 fully saturated rings. The summed E-state index contributed by atoms with van der Waals surface area (Å²) in [6, 6.07) is 12.8. The summed E-state index contributed by atoms with van der Waals surface area (Å²) < 4.78 is 5.26. The van der Waals surface area contributed by atoms with E-state index in [2.05, 4.69) is 10.6 Å². The number of Topliss-reactive ketones (excluding diaryl/α,β-unsaturated/α-hetero) is 1. The van der Waals surface area contributed by atoms with Crippen LogP contribution in [0, 0.1) is 0 Å². The van der Waals surface area contributed by atoms with Crippen molar-refractivity contribution in [1.82, 2.24) is 0 Å². The zero-order valence-corrected chi connectivity index (χ0v) is 15.2. The maximum absolute atomic E-state index is 12.5. The number of carbonyl (C=O) groups is 4. The number of amides is 2. The van der Waals surface area contributed by atoms with E-state index in [1.807, 2.05) is 0 Å². The Kier molecular flexibility index (Phi) is 6.43. The summed E-state index contributed by atoms with van der Waals surface area (Å²) in [5.74, 6) is -1.74. The largest absolute Gasteiger partial charge is 0.451 e. The van der Waals surface area contributed by atoms with Crippen LogP contribution in [0.1, 0.15) is 41.5 Å². The summed E-state index contributed by atoms with van der Waals surface area (Å²) >= 11 is 0. The van der Waals surface area contributed by atoms with Gasteiger partial charge in [-0.3, -0.25) is 14.4 Å². The number of nitrogens with one attached hydrogen (secondary N) is 2. The molecule has 0 bridgehead atoms. The van der Waals surface area contributed by atoms with Gasteiger partial charge in [0.15, 0.2) is 6.10 Å². The quantitative estimate of drug-likeness (QED) is 0.603. The number of hydrogen-bond acceptors (Lipinski definition) is 5. The van der Waals surface area contributed by atoms with Crippen LogP contribution in [-0.4, -0.2) is 29.7 Å². The second-order valence-corrected chi connectivity index (χ2v) is 5.94. The minimum atomic E-state index is -0.992. The van der Waals surface area contributed by atoms with Crippen molar-refractivity contribution < 1.29 is 23.9 Å². The van der Waals surface area contributed by atoms with Crippen molar-refractivity contribution >= 4 is 34.9 Å². The summed E-state index contributed by atoms with van der Waals surface area (Å²) in [6.07, 6.45) is -0.992. The molecule has 0 saturated carbocycles. The highest BCUT2D eigenvalue weighted by Crippen LogP contribution is 2.21. The molecule has 0 aliphatic rings. The molecule has 2 rings (SSSR count). The van der Waals surface area contributed by atoms with Gasteiger partial charge in [-0.15, -0.1) is 0 Å². The molecule has 2 N–H and O–H groups in total. The molecule has 1 unspecified atom stereocenters. The van der Waals surface area contributed by atoms with Crippen molar-refractivity contribution in [2.45, 2.75) is 26.9 Å². The van der Waals surface area contributed by atoms with Gasteiger partial charge in [-0.1, -0.05) is 30.3 Å². The Bertz CT molecular complexity index is 843. The predicted molar refractivity (Wildman–Crippen MR) is 101 cm³/mol. The van der Waals surface area contributed by atoms with Gasteiger partial charge >= 0.3 is 5.97 Å². The standard InChI is InChI=1S/C20H20N2O5/c1-12(19(25)15-7-5-4-6-8-15)27-20(26)16-9-17(21-13(2)23)11-18(10-16)22-14(3)24/h4-12H,1-3H3,(H,21,23)(H,22,24). The third kappa shape index (κ3) is 5.78. The Morgan fingerprint density at radius 2 is 1.33 bits per heavy atom. The van der Waals surface area contributed by atoms with Crippen LogP contribution < -0.4 is 10.6 Å². The van der Waals surface area contributed by atoms with Gasteiger partial charge in [0.2, 0.25) is 17.6 Å². The van der Waals surface area contributed by atoms with E-state index in [4.69, 9.17) is 4.74 Å². The topological polar surface area (TPSA) is 102 Å². The van der Waals surface area contributed by atoms with Crippen LogP contribution in [0.15, 0.2) is 48.5 Å². The first kappa shape index (κ1) is 19.8. The van der Waals surface area contributed by atoms with Crippen LogP contribution in [0.2, 0.25) is 0 Å². The molecule has 2 amide bonds. The molecule has 0 aliphatic heterocycles. The minimum absolute atomic E-state index is 0.0951. The smallest absolute Gasteiger partial charge is 0.338 e. The van der Waals surface area contributed by atoms with E-state index in [1.54, 1.807) is 30.3 Å². The Labute approximate surface area is 156 Å². The Morgan fingerprint density at radius 3 is 1.81 bits per heavy atom. The normalized spacial score (nSPS) is 11.2. The summed E-state index contributed by atoms with van der Waals surface area (Å²) in [5, 5.41) is 5.10. The fourth-order valence-electron chi connectivity index (χ4n) is 2.42. The average molecular weight is 368 g/mol. The van der Waals surface area contributed by atoms with E-state index in [9.17, 15) is 19.2 Å². The van der Waals surface area contributed by atoms with E-state index in [0.717, 1.165) is 0 Å². The maximum Gasteiger partial charge on any atom is 0.338 e. The van der Waals surface area contributed by atoms with Gasteiger partial charge in [0.1, 0.15) is 0 Å². The molecule has 2 aromatic rings. The van der Waals surface area contributed by atoms with E-state index in [-0.39, 0.29) is 23.2 Å². The van der Waals surface area contributed by atoms with Crippen LogP contribution in [0.3, 0.4) is 0 Å². The molecule has 2 aromatic carbocycles. The third-order valence-corrected chi connectivity index (χ3v) is 3.52. The molecule has 140 valence electrons. The van der Waals surface area contributed by atoms with E-state index in [0.29, 0.717) is 16.9 Å². The third-order valence-electron chi connectivity index (χ3n) is 3.52. The summed E-state index contributed by atoms with van der Waals surface area (Å²) in [7, 11) is 0. The van der Waals surface area contributed by atoms with Crippen LogP contribution in [-0.2, 0) is 14.3 Å². The first-order valence-corrected chi connectivity index (χ1v) is 8.27. The van der Waals surface area contributed by atoms with E-state index in [1.165, 1.54) is 39.0 Å². The van der Waals surface area contributed by atoms with Crippen molar-refractivity contribution in [3.8, 4) is 0 Å². The second kappa shape index (κ2) is 8.75. The van der Waals surface area contributed by atoms with Gasteiger partial charge in [-0.05, 0) is 25.1 Å². The number of esters is 1. The molecular formula is C20H20N2O5. The summed E-state index contributed by atoms with van der Waals surface area (Å²) in [4.78, 5) is 47.4. The Morgan fingerprint density at radius 1 is 0.815 bits per heavy atom. The highest BCUT2D eigenvalue weighted by molar-refractivity contribution is 6.02. The first-order valence-electron chi connectivity index (χ1n) is 8.27. The lowest BCUT2D eigenvalue weighted by molar-refractivity contribution is -0.115. The van der Waals surface area contributed by atoms with Crippen molar-refractivity contribution in [3.63, 3.8) is 0 Å². The number of benzene rings is 2. The molecule has 0 aromatic heterocycles. The second-order valence-electron chi connectivity index (χ2n) is 5.94. The molecule has 0 saturated heterocycles. The van der Waals surface area contributed by atoms with Gasteiger partial charge in [-0.25, -0.2) is 4.79 Å². The number of ether oxygens (including phenoxy) is 1. The van der Waals surface area contributed by atoms with Gasteiger partial charge in [0.25, 0.3) is 0 Å². The highest BCUT2D eigenvalue weighted by Gasteiger charge is 2.21. The molecule has 0 spiro atoms. The van der Waals surface area contributed by atoms with Crippen molar-refractivity contribution in [2.24, 2.45) is 0 Å². The van der Waals surface area contributed by atoms with Crippen LogP contribution in [0.5, 0.6) is 0 Å². The lowest BCUT2D eigenvalue weighted by Crippen LogP contribution is -2.24. The number of hydrogen-bond donors (Lipinski definition) is 2. The van der Waals surface area contributed by atoms with Gasteiger partial charge in [0, 0.05) is 30.8 Å². The van der Waals surface area contributed by atoms with Crippen molar-refractivity contribution in [2.75, 3.05) is 10.6 Å². The number of rotatable bonds is 6. The van der Waals surface area contributed by atoms with E-state index < -0.39 is 12.1 Å². The molecule has 1 atom stereocenters. The molecule has 27 heavy (non-hydrogen) atoms. The van der Waals surface area contributed by atoms with Gasteiger partial charge in [-0.2, -0.15) is 0 Å². The number of ketones is 1. The number of anilines is 2. The molecule has 7 nitrogen and oxygen atoms in total. The fraction of sp³-hybridized carbons (Fsp3) is 0.200. The highest BCUT2D eigenvalue weighted by atomic mass is 16.5. The summed E-state index contributed by atoms with van der Waals surface area (Å²) in [6.45, 7) is 4.13. The van der Waals surface area contributed by atoms with Crippen LogP contribution >= 0.6 is 0 Å². The molecule has 7 heteroatoms. The lowest BCUT2D eigenvalue weighted by Gasteiger charge is -2.14. The molecular weight excluding hydrogens is 348 g/mol. The zero-order valence-electron chi connectivity index (χ0n) is 15.2. The van der Waals surface area contributed by atoms with Gasteiger partial charge in [0.05, 0.1) is 5.56 Å². The first-order chi connectivity index (χ1) is 12.8. The fourth-order valence-corrected chi connectivity index (χ4v) is 2.42. The van der Waals surface area contributed by atoms with Crippen LogP contribution in [0.25, 0.3) is 0 Å². The monoisotopic (exact) mass is 368 g/mol. The van der Waals surface area contributed by atoms with Crippen molar-refractivity contribution in [3.05, 3.63) is 59.7 Å². The van der Waals surface area contributed by atoms with Crippen LogP contribution in [0.4, 0.5) is 11.4 Å². The summed E-state index contributed by atoms with van der Waals surface area (Å²) in [5.41, 5.74) is 1.17.